The third-order valence-electron chi connectivity index (χ3n) is 3.05. The molecule has 0 spiro atoms. The molecule has 1 rings (SSSR count). The van der Waals surface area contributed by atoms with Crippen LogP contribution in [-0.2, 0) is 9.53 Å². The molecule has 1 heterocycles. The summed E-state index contributed by atoms with van der Waals surface area (Å²) in [4.78, 5) is 10.5. The number of allylic oxidation sites excluding steroid dienone is 1. The Morgan fingerprint density at radius 3 is 2.33 bits per heavy atom. The van der Waals surface area contributed by atoms with Crippen molar-refractivity contribution >= 4 is 6.29 Å². The summed E-state index contributed by atoms with van der Waals surface area (Å²) in [7, 11) is 0. The maximum Gasteiger partial charge on any atom is 0.145 e. The maximum atomic E-state index is 10.5. The highest BCUT2D eigenvalue weighted by Crippen LogP contribution is 2.39. The first-order chi connectivity index (χ1) is 6.74. The zero-order chi connectivity index (χ0) is 11.9. The maximum absolute atomic E-state index is 10.5. The van der Waals surface area contributed by atoms with E-state index in [4.69, 9.17) is 4.74 Å². The normalized spacial score (nSPS) is 46.9. The van der Waals surface area contributed by atoms with E-state index >= 15 is 0 Å². The van der Waals surface area contributed by atoms with E-state index in [1.165, 1.54) is 6.92 Å². The van der Waals surface area contributed by atoms with Crippen LogP contribution in [0.1, 0.15) is 27.7 Å². The van der Waals surface area contributed by atoms with Crippen LogP contribution in [0.4, 0.5) is 0 Å². The molecule has 0 radical (unpaired) electrons. The molecule has 1 aliphatic rings. The van der Waals surface area contributed by atoms with Gasteiger partial charge in [0.1, 0.15) is 23.6 Å². The van der Waals surface area contributed by atoms with Crippen LogP contribution >= 0.6 is 0 Å². The number of ether oxygens (including phenoxy) is 1. The van der Waals surface area contributed by atoms with E-state index < -0.39 is 23.4 Å². The lowest BCUT2D eigenvalue weighted by Crippen LogP contribution is -2.47. The molecule has 1 aliphatic heterocycles. The SMILES string of the molecule is C/C(C=O)=C/[C@@]1(C)O[C@@H](C)[C@@](C)(O)[C@@H]1O. The van der Waals surface area contributed by atoms with Gasteiger partial charge in [-0.15, -0.1) is 0 Å². The van der Waals surface area contributed by atoms with Gasteiger partial charge in [-0.3, -0.25) is 4.79 Å². The third-order valence-corrected chi connectivity index (χ3v) is 3.05. The first-order valence-corrected chi connectivity index (χ1v) is 4.97. The number of hydrogen-bond donors (Lipinski definition) is 2. The molecule has 15 heavy (non-hydrogen) atoms. The van der Waals surface area contributed by atoms with Gasteiger partial charge in [0.25, 0.3) is 0 Å². The van der Waals surface area contributed by atoms with E-state index in [1.54, 1.807) is 26.8 Å². The summed E-state index contributed by atoms with van der Waals surface area (Å²) in [6.07, 6.45) is 0.713. The third kappa shape index (κ3) is 1.97. The van der Waals surface area contributed by atoms with Crippen molar-refractivity contribution in [1.29, 1.82) is 0 Å². The second kappa shape index (κ2) is 3.70. The Hall–Kier alpha value is -0.710. The highest BCUT2D eigenvalue weighted by atomic mass is 16.6. The lowest BCUT2D eigenvalue weighted by atomic mass is 9.86. The van der Waals surface area contributed by atoms with Crippen LogP contribution in [0, 0.1) is 0 Å². The Morgan fingerprint density at radius 1 is 1.47 bits per heavy atom. The Bertz CT molecular complexity index is 295. The Morgan fingerprint density at radius 2 is 2.00 bits per heavy atom. The van der Waals surface area contributed by atoms with E-state index in [0.717, 1.165) is 0 Å². The van der Waals surface area contributed by atoms with Gasteiger partial charge < -0.3 is 14.9 Å². The summed E-state index contributed by atoms with van der Waals surface area (Å²) in [5.74, 6) is 0. The zero-order valence-electron chi connectivity index (χ0n) is 9.52. The number of rotatable bonds is 2. The molecule has 0 aliphatic carbocycles. The van der Waals surface area contributed by atoms with Gasteiger partial charge in [0.05, 0.1) is 6.10 Å². The zero-order valence-corrected chi connectivity index (χ0v) is 9.52. The van der Waals surface area contributed by atoms with Crippen molar-refractivity contribution in [2.45, 2.75) is 51.1 Å². The Labute approximate surface area is 89.6 Å². The van der Waals surface area contributed by atoms with Crippen molar-refractivity contribution in [2.75, 3.05) is 0 Å². The van der Waals surface area contributed by atoms with Gasteiger partial charge in [-0.2, -0.15) is 0 Å². The molecule has 1 fully saturated rings. The summed E-state index contributed by atoms with van der Waals surface area (Å²) in [6, 6.07) is 0. The van der Waals surface area contributed by atoms with Crippen LogP contribution < -0.4 is 0 Å². The topological polar surface area (TPSA) is 66.8 Å². The van der Waals surface area contributed by atoms with Crippen molar-refractivity contribution < 1.29 is 19.7 Å². The summed E-state index contributed by atoms with van der Waals surface area (Å²) >= 11 is 0. The molecule has 0 aromatic heterocycles. The molecule has 4 atom stereocenters. The van der Waals surface area contributed by atoms with Gasteiger partial charge in [-0.1, -0.05) is 0 Å². The van der Waals surface area contributed by atoms with Gasteiger partial charge >= 0.3 is 0 Å². The molecule has 0 bridgehead atoms. The van der Waals surface area contributed by atoms with Gasteiger partial charge in [-0.25, -0.2) is 0 Å². The molecular weight excluding hydrogens is 196 g/mol. The van der Waals surface area contributed by atoms with Crippen LogP contribution in [0.25, 0.3) is 0 Å². The molecule has 4 heteroatoms. The average molecular weight is 214 g/mol. The highest BCUT2D eigenvalue weighted by molar-refractivity contribution is 5.72. The van der Waals surface area contributed by atoms with Crippen molar-refractivity contribution in [1.82, 2.24) is 0 Å². The average Bonchev–Trinajstić information content (AvgIpc) is 2.28. The van der Waals surface area contributed by atoms with E-state index in [-0.39, 0.29) is 0 Å². The van der Waals surface area contributed by atoms with Crippen molar-refractivity contribution in [3.63, 3.8) is 0 Å². The van der Waals surface area contributed by atoms with Crippen molar-refractivity contribution in [2.24, 2.45) is 0 Å². The summed E-state index contributed by atoms with van der Waals surface area (Å²) in [5.41, 5.74) is -1.83. The fourth-order valence-corrected chi connectivity index (χ4v) is 1.97. The molecular formula is C11H18O4. The number of carbonyl (C=O) groups excluding carboxylic acids is 1. The van der Waals surface area contributed by atoms with E-state index in [0.29, 0.717) is 11.9 Å². The van der Waals surface area contributed by atoms with Gasteiger partial charge in [-0.05, 0) is 39.3 Å². The summed E-state index contributed by atoms with van der Waals surface area (Å²) < 4.78 is 5.51. The molecule has 0 aromatic carbocycles. The van der Waals surface area contributed by atoms with Gasteiger partial charge in [0.2, 0.25) is 0 Å². The van der Waals surface area contributed by atoms with Gasteiger partial charge in [0.15, 0.2) is 0 Å². The molecule has 2 N–H and O–H groups in total. The Balaban J connectivity index is 3.03. The Kier molecular flexibility index (Phi) is 3.05. The fourth-order valence-electron chi connectivity index (χ4n) is 1.97. The van der Waals surface area contributed by atoms with E-state index in [1.807, 2.05) is 0 Å². The van der Waals surface area contributed by atoms with Crippen LogP contribution in [0.3, 0.4) is 0 Å². The predicted molar refractivity (Wildman–Crippen MR) is 55.4 cm³/mol. The molecule has 1 saturated heterocycles. The molecule has 0 amide bonds. The lowest BCUT2D eigenvalue weighted by Gasteiger charge is -2.28. The van der Waals surface area contributed by atoms with Gasteiger partial charge in [0, 0.05) is 0 Å². The number of aldehydes is 1. The number of aliphatic hydroxyl groups excluding tert-OH is 1. The summed E-state index contributed by atoms with van der Waals surface area (Å²) in [6.45, 7) is 6.50. The second-order valence-corrected chi connectivity index (χ2v) is 4.58. The predicted octanol–water partition coefficient (Wildman–Crippen LogP) is 0.421. The van der Waals surface area contributed by atoms with Crippen LogP contribution in [0.5, 0.6) is 0 Å². The fraction of sp³-hybridized carbons (Fsp3) is 0.727. The first-order valence-electron chi connectivity index (χ1n) is 4.97. The van der Waals surface area contributed by atoms with E-state index in [9.17, 15) is 15.0 Å². The van der Waals surface area contributed by atoms with Crippen LogP contribution in [0.15, 0.2) is 11.6 Å². The first kappa shape index (κ1) is 12.4. The van der Waals surface area contributed by atoms with Crippen molar-refractivity contribution in [3.05, 3.63) is 11.6 Å². The molecule has 86 valence electrons. The number of carbonyl (C=O) groups is 1. The molecule has 0 aromatic rings. The summed E-state index contributed by atoms with van der Waals surface area (Å²) in [5, 5.41) is 19.9. The molecule has 4 nitrogen and oxygen atoms in total. The minimum Gasteiger partial charge on any atom is -0.387 e. The number of hydrogen-bond acceptors (Lipinski definition) is 4. The molecule has 0 unspecified atom stereocenters. The smallest absolute Gasteiger partial charge is 0.145 e. The monoisotopic (exact) mass is 214 g/mol. The second-order valence-electron chi connectivity index (χ2n) is 4.58. The van der Waals surface area contributed by atoms with E-state index in [2.05, 4.69) is 0 Å². The highest BCUT2D eigenvalue weighted by Gasteiger charge is 2.55. The standard InChI is InChI=1S/C11H18O4/c1-7(6-12)5-10(3)9(13)11(4,14)8(2)15-10/h5-6,8-9,13-14H,1-4H3/b7-5-/t8-,9+,10+,11+/m0/s1. The van der Waals surface area contributed by atoms with Crippen LogP contribution in [0.2, 0.25) is 0 Å². The van der Waals surface area contributed by atoms with Crippen molar-refractivity contribution in [3.8, 4) is 0 Å². The van der Waals surface area contributed by atoms with Crippen LogP contribution in [-0.4, -0.2) is 39.9 Å². The number of aliphatic hydroxyl groups is 2. The largest absolute Gasteiger partial charge is 0.387 e. The minimum absolute atomic E-state index is 0.474. The minimum atomic E-state index is -1.30. The lowest BCUT2D eigenvalue weighted by molar-refractivity contribution is -0.105. The quantitative estimate of drug-likeness (QED) is 0.516. The molecule has 0 saturated carbocycles.